The predicted octanol–water partition coefficient (Wildman–Crippen LogP) is 6.13. The van der Waals surface area contributed by atoms with Crippen LogP contribution in [0.4, 0.5) is 21.5 Å². The Morgan fingerprint density at radius 2 is 2.07 bits per heavy atom. The van der Waals surface area contributed by atoms with Crippen molar-refractivity contribution in [1.29, 1.82) is 5.26 Å². The third kappa shape index (κ3) is 7.84. The number of fused-ring (bicyclic) bond motifs is 1. The summed E-state index contributed by atoms with van der Waals surface area (Å²) in [5, 5.41) is 17.0. The Labute approximate surface area is 244 Å². The van der Waals surface area contributed by atoms with Crippen LogP contribution in [0.2, 0.25) is 5.02 Å². The number of ether oxygens (including phenoxy) is 2. The number of benzene rings is 2. The van der Waals surface area contributed by atoms with Crippen molar-refractivity contribution in [3.05, 3.63) is 47.1 Å². The number of hydrogen-bond acceptors (Lipinski definition) is 8. The number of hydrogen-bond donors (Lipinski definition) is 2. The lowest BCUT2D eigenvalue weighted by Gasteiger charge is -2.21. The van der Waals surface area contributed by atoms with Gasteiger partial charge in [0.05, 0.1) is 34.1 Å². The van der Waals surface area contributed by atoms with Gasteiger partial charge in [0.1, 0.15) is 36.4 Å². The summed E-state index contributed by atoms with van der Waals surface area (Å²) in [7, 11) is 3.92. The van der Waals surface area contributed by atoms with Crippen molar-refractivity contribution >= 4 is 51.7 Å². The maximum Gasteiger partial charge on any atom is 0.224 e. The SMILES string of the molecule is CCOc1cc2ncc(C#N)c(Nc3ccc(OCC4N=CCCC4F)c(Cl)c3)c2cc1NC(=O)CCCN(C)C. The van der Waals surface area contributed by atoms with Gasteiger partial charge < -0.3 is 25.0 Å². The highest BCUT2D eigenvalue weighted by molar-refractivity contribution is 6.32. The highest BCUT2D eigenvalue weighted by Gasteiger charge is 2.23. The smallest absolute Gasteiger partial charge is 0.224 e. The average molecular weight is 581 g/mol. The Kier molecular flexibility index (Phi) is 10.3. The van der Waals surface area contributed by atoms with Crippen LogP contribution in [-0.2, 0) is 4.79 Å². The second-order valence-electron chi connectivity index (χ2n) is 9.99. The number of carbonyl (C=O) groups excluding carboxylic acids is 1. The number of nitriles is 1. The minimum Gasteiger partial charge on any atom is -0.492 e. The number of pyridine rings is 1. The van der Waals surface area contributed by atoms with Crippen LogP contribution < -0.4 is 20.1 Å². The average Bonchev–Trinajstić information content (AvgIpc) is 2.94. The van der Waals surface area contributed by atoms with Gasteiger partial charge in [-0.25, -0.2) is 4.39 Å². The molecule has 41 heavy (non-hydrogen) atoms. The third-order valence-corrected chi connectivity index (χ3v) is 6.86. The fourth-order valence-electron chi connectivity index (χ4n) is 4.47. The van der Waals surface area contributed by atoms with Crippen LogP contribution in [0.1, 0.15) is 38.2 Å². The van der Waals surface area contributed by atoms with E-state index in [-0.39, 0.29) is 12.5 Å². The van der Waals surface area contributed by atoms with Gasteiger partial charge in [-0.3, -0.25) is 14.8 Å². The van der Waals surface area contributed by atoms with E-state index in [1.165, 1.54) is 6.20 Å². The highest BCUT2D eigenvalue weighted by Crippen LogP contribution is 2.37. The Balaban J connectivity index is 1.60. The molecule has 0 saturated heterocycles. The lowest BCUT2D eigenvalue weighted by molar-refractivity contribution is -0.116. The molecule has 2 aromatic carbocycles. The van der Waals surface area contributed by atoms with E-state index in [2.05, 4.69) is 26.7 Å². The number of halogens is 2. The van der Waals surface area contributed by atoms with E-state index in [0.717, 1.165) is 6.54 Å². The quantitative estimate of drug-likeness (QED) is 0.265. The van der Waals surface area contributed by atoms with E-state index in [0.29, 0.717) is 82.3 Å². The first-order valence-corrected chi connectivity index (χ1v) is 14.0. The number of aromatic nitrogens is 1. The van der Waals surface area contributed by atoms with Crippen molar-refractivity contribution < 1.29 is 18.7 Å². The number of aliphatic imine (C=N–C) groups is 1. The molecule has 2 N–H and O–H groups in total. The lowest BCUT2D eigenvalue weighted by Crippen LogP contribution is -2.30. The molecule has 2 heterocycles. The molecular formula is C30H34ClFN6O3. The normalized spacial score (nSPS) is 16.4. The maximum atomic E-state index is 14.1. The number of nitrogens with one attached hydrogen (secondary N) is 2. The first kappa shape index (κ1) is 30.0. The third-order valence-electron chi connectivity index (χ3n) is 6.57. The van der Waals surface area contributed by atoms with Crippen LogP contribution >= 0.6 is 11.6 Å². The summed E-state index contributed by atoms with van der Waals surface area (Å²) in [5.41, 5.74) is 2.50. The van der Waals surface area contributed by atoms with Crippen molar-refractivity contribution in [2.45, 2.75) is 44.8 Å². The number of rotatable bonds is 12. The first-order chi connectivity index (χ1) is 19.8. The number of nitrogens with zero attached hydrogens (tertiary/aromatic N) is 4. The van der Waals surface area contributed by atoms with Crippen LogP contribution in [0.5, 0.6) is 11.5 Å². The second-order valence-corrected chi connectivity index (χ2v) is 10.4. The van der Waals surface area contributed by atoms with E-state index in [1.54, 1.807) is 36.5 Å². The molecule has 2 unspecified atom stereocenters. The van der Waals surface area contributed by atoms with Gasteiger partial charge in [-0.15, -0.1) is 0 Å². The highest BCUT2D eigenvalue weighted by atomic mass is 35.5. The zero-order valence-electron chi connectivity index (χ0n) is 23.4. The summed E-state index contributed by atoms with van der Waals surface area (Å²) in [4.78, 5) is 23.4. The molecule has 0 bridgehead atoms. The molecule has 0 saturated carbocycles. The Bertz CT molecular complexity index is 1460. The van der Waals surface area contributed by atoms with Crippen LogP contribution in [0.15, 0.2) is 41.5 Å². The maximum absolute atomic E-state index is 14.1. The van der Waals surface area contributed by atoms with Crippen LogP contribution in [0, 0.1) is 11.3 Å². The minimum absolute atomic E-state index is 0.0868. The summed E-state index contributed by atoms with van der Waals surface area (Å²) in [6, 6.07) is 10.2. The fourth-order valence-corrected chi connectivity index (χ4v) is 4.71. The van der Waals surface area contributed by atoms with Gasteiger partial charge in [0.2, 0.25) is 5.91 Å². The molecule has 0 radical (unpaired) electrons. The molecule has 0 fully saturated rings. The molecule has 9 nitrogen and oxygen atoms in total. The largest absolute Gasteiger partial charge is 0.492 e. The van der Waals surface area contributed by atoms with Gasteiger partial charge in [0.15, 0.2) is 0 Å². The number of alkyl halides is 1. The molecule has 2 atom stereocenters. The summed E-state index contributed by atoms with van der Waals surface area (Å²) < 4.78 is 25.7. The standard InChI is InChI=1S/C30H34ClFN6O3/c1-4-40-28-15-24-21(14-25(28)37-29(39)8-6-12-38(2)3)30(19(16-33)17-35-24)36-20-9-10-27(22(31)13-20)41-18-26-23(32)7-5-11-34-26/h9-11,13-15,17,23,26H,4-8,12,18H2,1-3H3,(H,35,36)(H,37,39). The molecule has 1 aliphatic heterocycles. The van der Waals surface area contributed by atoms with Crippen molar-refractivity contribution in [2.75, 3.05) is 44.5 Å². The molecule has 1 aromatic heterocycles. The monoisotopic (exact) mass is 580 g/mol. The van der Waals surface area contributed by atoms with E-state index in [9.17, 15) is 14.4 Å². The van der Waals surface area contributed by atoms with Crippen LogP contribution in [0.25, 0.3) is 10.9 Å². The van der Waals surface area contributed by atoms with Gasteiger partial charge >= 0.3 is 0 Å². The molecule has 0 aliphatic carbocycles. The molecule has 216 valence electrons. The zero-order chi connectivity index (χ0) is 29.4. The summed E-state index contributed by atoms with van der Waals surface area (Å²) in [5.74, 6) is 0.767. The first-order valence-electron chi connectivity index (χ1n) is 13.6. The fraction of sp³-hybridized carbons (Fsp3) is 0.400. The van der Waals surface area contributed by atoms with E-state index in [1.807, 2.05) is 25.9 Å². The Hall–Kier alpha value is -3.94. The van der Waals surface area contributed by atoms with Crippen molar-refractivity contribution in [3.63, 3.8) is 0 Å². The minimum atomic E-state index is -1.04. The predicted molar refractivity (Wildman–Crippen MR) is 161 cm³/mol. The van der Waals surface area contributed by atoms with Crippen LogP contribution in [-0.4, -0.2) is 68.1 Å². The van der Waals surface area contributed by atoms with Gasteiger partial charge in [-0.05, 0) is 77.3 Å². The molecule has 3 aromatic rings. The van der Waals surface area contributed by atoms with E-state index in [4.69, 9.17) is 21.1 Å². The topological polar surface area (TPSA) is 112 Å². The van der Waals surface area contributed by atoms with Crippen molar-refractivity contribution in [1.82, 2.24) is 9.88 Å². The number of amides is 1. The Morgan fingerprint density at radius 3 is 2.78 bits per heavy atom. The lowest BCUT2D eigenvalue weighted by atomic mass is 10.1. The number of carbonyl (C=O) groups is 1. The molecule has 1 amide bonds. The molecule has 4 rings (SSSR count). The van der Waals surface area contributed by atoms with Crippen LogP contribution in [0.3, 0.4) is 0 Å². The van der Waals surface area contributed by atoms with E-state index >= 15 is 0 Å². The summed E-state index contributed by atoms with van der Waals surface area (Å²) in [6.45, 7) is 3.15. The molecular weight excluding hydrogens is 547 g/mol. The molecule has 1 aliphatic rings. The van der Waals surface area contributed by atoms with Gasteiger partial charge in [-0.2, -0.15) is 5.26 Å². The molecule has 11 heteroatoms. The Morgan fingerprint density at radius 1 is 1.24 bits per heavy atom. The summed E-state index contributed by atoms with van der Waals surface area (Å²) >= 11 is 6.50. The number of anilines is 3. The molecule has 0 spiro atoms. The van der Waals surface area contributed by atoms with Crippen molar-refractivity contribution in [2.24, 2.45) is 4.99 Å². The van der Waals surface area contributed by atoms with Gasteiger partial charge in [-0.1, -0.05) is 11.6 Å². The summed E-state index contributed by atoms with van der Waals surface area (Å²) in [6.07, 6.45) is 4.30. The zero-order valence-corrected chi connectivity index (χ0v) is 24.2. The van der Waals surface area contributed by atoms with E-state index < -0.39 is 12.2 Å². The van der Waals surface area contributed by atoms with Gasteiger partial charge in [0.25, 0.3) is 0 Å². The second kappa shape index (κ2) is 14.1. The van der Waals surface area contributed by atoms with Gasteiger partial charge in [0, 0.05) is 29.8 Å². The van der Waals surface area contributed by atoms with Crippen molar-refractivity contribution in [3.8, 4) is 17.6 Å².